The molecule has 2 saturated heterocycles. The van der Waals surface area contributed by atoms with Crippen molar-refractivity contribution in [2.24, 2.45) is 5.92 Å². The molecule has 3 rings (SSSR count). The number of carbonyl (C=O) groups is 1. The van der Waals surface area contributed by atoms with E-state index in [-0.39, 0.29) is 5.78 Å². The van der Waals surface area contributed by atoms with Crippen LogP contribution < -0.4 is 5.32 Å². The number of aryl methyl sites for hydroxylation is 1. The van der Waals surface area contributed by atoms with E-state index in [1.165, 1.54) is 12.8 Å². The second-order valence-electron chi connectivity index (χ2n) is 5.76. The fourth-order valence-electron chi connectivity index (χ4n) is 3.58. The zero-order valence-corrected chi connectivity index (χ0v) is 12.0. The van der Waals surface area contributed by atoms with E-state index in [4.69, 9.17) is 11.6 Å². The fourth-order valence-corrected chi connectivity index (χ4v) is 3.83. The Morgan fingerprint density at radius 3 is 2.79 bits per heavy atom. The minimum absolute atomic E-state index is 0.149. The third-order valence-electron chi connectivity index (χ3n) is 4.40. The lowest BCUT2D eigenvalue weighted by Crippen LogP contribution is -2.38. The van der Waals surface area contributed by atoms with Crippen molar-refractivity contribution >= 4 is 17.4 Å². The fraction of sp³-hybridized carbons (Fsp3) is 0.714. The van der Waals surface area contributed by atoms with Crippen LogP contribution in [0.4, 0.5) is 0 Å². The molecular weight excluding hydrogens is 262 g/mol. The van der Waals surface area contributed by atoms with Crippen molar-refractivity contribution < 1.29 is 4.79 Å². The van der Waals surface area contributed by atoms with E-state index in [1.807, 2.05) is 6.92 Å². The number of ketones is 1. The lowest BCUT2D eigenvalue weighted by molar-refractivity contribution is 0.0935. The van der Waals surface area contributed by atoms with Crippen LogP contribution in [0.5, 0.6) is 0 Å². The van der Waals surface area contributed by atoms with E-state index in [0.29, 0.717) is 41.7 Å². The molecule has 5 heteroatoms. The van der Waals surface area contributed by atoms with Crippen molar-refractivity contribution in [2.75, 3.05) is 0 Å². The quantitative estimate of drug-likeness (QED) is 0.863. The molecule has 4 nitrogen and oxygen atoms in total. The van der Waals surface area contributed by atoms with Gasteiger partial charge in [0.1, 0.15) is 5.69 Å². The summed E-state index contributed by atoms with van der Waals surface area (Å²) in [6, 6.07) is 1.26. The molecule has 0 amide bonds. The van der Waals surface area contributed by atoms with Crippen molar-refractivity contribution in [1.82, 2.24) is 15.1 Å². The maximum absolute atomic E-state index is 12.4. The van der Waals surface area contributed by atoms with Gasteiger partial charge in [-0.25, -0.2) is 0 Å². The Morgan fingerprint density at radius 2 is 2.16 bits per heavy atom. The Bertz CT molecular complexity index is 473. The van der Waals surface area contributed by atoms with Gasteiger partial charge in [-0.05, 0) is 38.5 Å². The van der Waals surface area contributed by atoms with Gasteiger partial charge in [0.05, 0.1) is 11.2 Å². The first kappa shape index (κ1) is 13.1. The average molecular weight is 282 g/mol. The maximum atomic E-state index is 12.4. The standard InChI is InChI=1S/C14H20ClN3O/c1-2-18-14(12(15)8-16-18)13(19)7-9-5-10-3-4-11(6-9)17-10/h8-11,17H,2-7H2,1H3. The summed E-state index contributed by atoms with van der Waals surface area (Å²) in [5, 5.41) is 8.24. The lowest BCUT2D eigenvalue weighted by atomic mass is 9.87. The molecule has 0 radical (unpaired) electrons. The highest BCUT2D eigenvalue weighted by atomic mass is 35.5. The highest BCUT2D eigenvalue weighted by molar-refractivity contribution is 6.33. The Labute approximate surface area is 118 Å². The van der Waals surface area contributed by atoms with Crippen LogP contribution in [0.1, 0.15) is 49.5 Å². The lowest BCUT2D eigenvalue weighted by Gasteiger charge is -2.28. The largest absolute Gasteiger partial charge is 0.311 e. The summed E-state index contributed by atoms with van der Waals surface area (Å²) >= 11 is 6.09. The number of carbonyl (C=O) groups excluding carboxylic acids is 1. The van der Waals surface area contributed by atoms with E-state index < -0.39 is 0 Å². The molecule has 1 N–H and O–H groups in total. The molecule has 1 aromatic heterocycles. The number of fused-ring (bicyclic) bond motifs is 2. The van der Waals surface area contributed by atoms with Gasteiger partial charge in [-0.15, -0.1) is 0 Å². The SMILES string of the molecule is CCn1ncc(Cl)c1C(=O)CC1CC2CCC(C1)N2. The first-order chi connectivity index (χ1) is 9.17. The number of halogens is 1. The number of rotatable bonds is 4. The minimum atomic E-state index is 0.149. The summed E-state index contributed by atoms with van der Waals surface area (Å²) in [5.41, 5.74) is 0.593. The molecule has 2 aliphatic rings. The van der Waals surface area contributed by atoms with Crippen LogP contribution >= 0.6 is 11.6 Å². The van der Waals surface area contributed by atoms with Crippen LogP contribution in [0.25, 0.3) is 0 Å². The van der Waals surface area contributed by atoms with Crippen LogP contribution in [-0.4, -0.2) is 27.6 Å². The molecule has 2 atom stereocenters. The first-order valence-electron chi connectivity index (χ1n) is 7.18. The van der Waals surface area contributed by atoms with E-state index >= 15 is 0 Å². The molecule has 104 valence electrons. The number of Topliss-reactive ketones (excluding diaryl/α,β-unsaturated/α-hetero) is 1. The highest BCUT2D eigenvalue weighted by Gasteiger charge is 2.34. The van der Waals surface area contributed by atoms with Crippen molar-refractivity contribution in [3.63, 3.8) is 0 Å². The van der Waals surface area contributed by atoms with Crippen LogP contribution in [0, 0.1) is 5.92 Å². The number of nitrogens with one attached hydrogen (secondary N) is 1. The van der Waals surface area contributed by atoms with E-state index in [0.717, 1.165) is 12.8 Å². The second kappa shape index (κ2) is 5.25. The third kappa shape index (κ3) is 2.56. The van der Waals surface area contributed by atoms with E-state index in [9.17, 15) is 4.79 Å². The molecule has 2 fully saturated rings. The Kier molecular flexibility index (Phi) is 3.63. The number of piperidine rings is 1. The minimum Gasteiger partial charge on any atom is -0.311 e. The van der Waals surface area contributed by atoms with Gasteiger partial charge in [0.25, 0.3) is 0 Å². The monoisotopic (exact) mass is 281 g/mol. The van der Waals surface area contributed by atoms with Crippen LogP contribution in [0.2, 0.25) is 5.02 Å². The van der Waals surface area contributed by atoms with Gasteiger partial charge in [-0.3, -0.25) is 9.48 Å². The number of aromatic nitrogens is 2. The first-order valence-corrected chi connectivity index (χ1v) is 7.55. The highest BCUT2D eigenvalue weighted by Crippen LogP contribution is 2.33. The Morgan fingerprint density at radius 1 is 1.47 bits per heavy atom. The molecular formula is C14H20ClN3O. The van der Waals surface area contributed by atoms with E-state index in [1.54, 1.807) is 10.9 Å². The summed E-state index contributed by atoms with van der Waals surface area (Å²) in [7, 11) is 0. The van der Waals surface area contributed by atoms with Crippen molar-refractivity contribution in [3.8, 4) is 0 Å². The zero-order chi connectivity index (χ0) is 13.4. The summed E-state index contributed by atoms with van der Waals surface area (Å²) < 4.78 is 1.71. The molecule has 0 saturated carbocycles. The molecule has 3 heterocycles. The molecule has 1 aromatic rings. The van der Waals surface area contributed by atoms with Crippen molar-refractivity contribution in [2.45, 2.75) is 57.7 Å². The Balaban J connectivity index is 1.69. The molecule has 19 heavy (non-hydrogen) atoms. The third-order valence-corrected chi connectivity index (χ3v) is 4.68. The summed E-state index contributed by atoms with van der Waals surface area (Å²) in [4.78, 5) is 12.4. The molecule has 2 aliphatic heterocycles. The summed E-state index contributed by atoms with van der Waals surface area (Å²) in [5.74, 6) is 0.651. The smallest absolute Gasteiger partial charge is 0.182 e. The van der Waals surface area contributed by atoms with Gasteiger partial charge in [-0.2, -0.15) is 5.10 Å². The van der Waals surface area contributed by atoms with Crippen molar-refractivity contribution in [3.05, 3.63) is 16.9 Å². The van der Waals surface area contributed by atoms with Gasteiger partial charge in [0, 0.05) is 25.0 Å². The van der Waals surface area contributed by atoms with Gasteiger partial charge >= 0.3 is 0 Å². The molecule has 0 aliphatic carbocycles. The van der Waals surface area contributed by atoms with Gasteiger partial charge < -0.3 is 5.32 Å². The van der Waals surface area contributed by atoms with Crippen LogP contribution in [0.3, 0.4) is 0 Å². The molecule has 2 bridgehead atoms. The average Bonchev–Trinajstić information content (AvgIpc) is 2.92. The number of hydrogen-bond acceptors (Lipinski definition) is 3. The predicted molar refractivity (Wildman–Crippen MR) is 74.5 cm³/mol. The molecule has 2 unspecified atom stereocenters. The number of nitrogens with zero attached hydrogens (tertiary/aromatic N) is 2. The topological polar surface area (TPSA) is 46.9 Å². The van der Waals surface area contributed by atoms with Gasteiger partial charge in [0.15, 0.2) is 5.78 Å². The normalized spacial score (nSPS) is 29.7. The summed E-state index contributed by atoms with van der Waals surface area (Å²) in [6.45, 7) is 2.66. The predicted octanol–water partition coefficient (Wildman–Crippen LogP) is 2.66. The Hall–Kier alpha value is -0.870. The van der Waals surface area contributed by atoms with E-state index in [2.05, 4.69) is 10.4 Å². The van der Waals surface area contributed by atoms with Crippen molar-refractivity contribution in [1.29, 1.82) is 0 Å². The molecule has 0 aromatic carbocycles. The van der Waals surface area contributed by atoms with Crippen LogP contribution in [0.15, 0.2) is 6.20 Å². The number of hydrogen-bond donors (Lipinski definition) is 1. The van der Waals surface area contributed by atoms with Gasteiger partial charge in [0.2, 0.25) is 0 Å². The van der Waals surface area contributed by atoms with Crippen LogP contribution in [-0.2, 0) is 6.54 Å². The maximum Gasteiger partial charge on any atom is 0.182 e. The van der Waals surface area contributed by atoms with Gasteiger partial charge in [-0.1, -0.05) is 11.6 Å². The zero-order valence-electron chi connectivity index (χ0n) is 11.2. The summed E-state index contributed by atoms with van der Waals surface area (Å²) in [6.07, 6.45) is 6.97. The molecule has 0 spiro atoms. The second-order valence-corrected chi connectivity index (χ2v) is 6.17.